The van der Waals surface area contributed by atoms with E-state index in [1.807, 2.05) is 19.1 Å². The van der Waals surface area contributed by atoms with Gasteiger partial charge in [0.1, 0.15) is 0 Å². The molecule has 0 saturated carbocycles. The summed E-state index contributed by atoms with van der Waals surface area (Å²) in [5.74, 6) is -0.861. The number of methoxy groups -OCH3 is 1. The fraction of sp³-hybridized carbons (Fsp3) is 0.467. The molecule has 6 heteroatoms. The van der Waals surface area contributed by atoms with E-state index in [0.29, 0.717) is 18.7 Å². The largest absolute Gasteiger partial charge is 0.481 e. The monoisotopic (exact) mass is 294 g/mol. The molecule has 0 aliphatic carbocycles. The van der Waals surface area contributed by atoms with Crippen LogP contribution in [0.2, 0.25) is 0 Å². The number of carbonyl (C=O) groups is 2. The van der Waals surface area contributed by atoms with E-state index in [-0.39, 0.29) is 18.5 Å². The van der Waals surface area contributed by atoms with Crippen LogP contribution in [0.25, 0.3) is 0 Å². The van der Waals surface area contributed by atoms with E-state index in [4.69, 9.17) is 9.84 Å². The molecule has 1 aromatic carbocycles. The van der Waals surface area contributed by atoms with Gasteiger partial charge < -0.3 is 20.5 Å². The normalized spacial score (nSPS) is 11.7. The number of carboxylic acids is 1. The number of amides is 2. The number of anilines is 1. The molecule has 0 fully saturated rings. The third kappa shape index (κ3) is 6.27. The number of ether oxygens (including phenoxy) is 1. The van der Waals surface area contributed by atoms with Crippen molar-refractivity contribution in [1.82, 2.24) is 5.32 Å². The molecule has 0 spiro atoms. The lowest BCUT2D eigenvalue weighted by atomic mass is 10.1. The summed E-state index contributed by atoms with van der Waals surface area (Å²) in [5, 5.41) is 14.3. The summed E-state index contributed by atoms with van der Waals surface area (Å²) in [6, 6.07) is 6.81. The topological polar surface area (TPSA) is 87.7 Å². The van der Waals surface area contributed by atoms with Crippen LogP contribution in [0.3, 0.4) is 0 Å². The predicted octanol–water partition coefficient (Wildman–Crippen LogP) is 2.25. The third-order valence-electron chi connectivity index (χ3n) is 3.07. The standard InChI is InChI=1S/C15H22N2O4/c1-3-12(10-21-2)16-15(20)17-13-7-5-4-6-11(13)8-9-14(18)19/h4-7,12H,3,8-10H2,1-2H3,(H,18,19)(H2,16,17,20). The highest BCUT2D eigenvalue weighted by molar-refractivity contribution is 5.90. The molecule has 0 heterocycles. The second-order valence-corrected chi connectivity index (χ2v) is 4.71. The maximum Gasteiger partial charge on any atom is 0.319 e. The van der Waals surface area contributed by atoms with E-state index >= 15 is 0 Å². The minimum atomic E-state index is -0.861. The molecule has 1 atom stereocenters. The zero-order valence-electron chi connectivity index (χ0n) is 12.4. The summed E-state index contributed by atoms with van der Waals surface area (Å²) >= 11 is 0. The molecule has 1 aromatic rings. The van der Waals surface area contributed by atoms with Crippen LogP contribution in [0.4, 0.5) is 10.5 Å². The van der Waals surface area contributed by atoms with Gasteiger partial charge in [0.15, 0.2) is 0 Å². The van der Waals surface area contributed by atoms with E-state index in [9.17, 15) is 9.59 Å². The summed E-state index contributed by atoms with van der Waals surface area (Å²) in [7, 11) is 1.59. The van der Waals surface area contributed by atoms with Crippen LogP contribution in [0.5, 0.6) is 0 Å². The Hall–Kier alpha value is -2.08. The van der Waals surface area contributed by atoms with Crippen LogP contribution in [-0.2, 0) is 16.0 Å². The number of benzene rings is 1. The van der Waals surface area contributed by atoms with Crippen LogP contribution in [0.1, 0.15) is 25.3 Å². The first kappa shape index (κ1) is 17.0. The highest BCUT2D eigenvalue weighted by Gasteiger charge is 2.12. The molecule has 2 amide bonds. The number of aryl methyl sites for hydroxylation is 1. The molecule has 1 unspecified atom stereocenters. The number of nitrogens with one attached hydrogen (secondary N) is 2. The fourth-order valence-electron chi connectivity index (χ4n) is 1.91. The number of para-hydroxylation sites is 1. The highest BCUT2D eigenvalue weighted by Crippen LogP contribution is 2.16. The number of hydrogen-bond donors (Lipinski definition) is 3. The lowest BCUT2D eigenvalue weighted by Gasteiger charge is -2.17. The summed E-state index contributed by atoms with van der Waals surface area (Å²) in [6.07, 6.45) is 1.17. The van der Waals surface area contributed by atoms with Crippen LogP contribution in [0.15, 0.2) is 24.3 Å². The lowest BCUT2D eigenvalue weighted by molar-refractivity contribution is -0.136. The highest BCUT2D eigenvalue weighted by atomic mass is 16.5. The molecule has 0 aliphatic heterocycles. The van der Waals surface area contributed by atoms with Gasteiger partial charge in [0.2, 0.25) is 0 Å². The Bertz CT molecular complexity index is 476. The van der Waals surface area contributed by atoms with Crippen LogP contribution >= 0.6 is 0 Å². The molecule has 0 aromatic heterocycles. The second kappa shape index (κ2) is 8.97. The molecule has 3 N–H and O–H groups in total. The van der Waals surface area contributed by atoms with Crippen LogP contribution < -0.4 is 10.6 Å². The van der Waals surface area contributed by atoms with Crippen molar-refractivity contribution in [2.75, 3.05) is 19.0 Å². The first-order chi connectivity index (χ1) is 10.1. The van der Waals surface area contributed by atoms with Gasteiger partial charge in [-0.3, -0.25) is 4.79 Å². The maximum atomic E-state index is 12.0. The van der Waals surface area contributed by atoms with Crippen molar-refractivity contribution in [2.24, 2.45) is 0 Å². The SMILES string of the molecule is CCC(COC)NC(=O)Nc1ccccc1CCC(=O)O. The number of urea groups is 1. The molecule has 0 bridgehead atoms. The first-order valence-corrected chi connectivity index (χ1v) is 6.93. The summed E-state index contributed by atoms with van der Waals surface area (Å²) in [5.41, 5.74) is 1.43. The van der Waals surface area contributed by atoms with E-state index in [2.05, 4.69) is 10.6 Å². The number of carbonyl (C=O) groups excluding carboxylic acids is 1. The minimum absolute atomic E-state index is 0.0293. The van der Waals surface area contributed by atoms with Gasteiger partial charge in [0, 0.05) is 19.2 Å². The number of rotatable bonds is 8. The fourth-order valence-corrected chi connectivity index (χ4v) is 1.91. The third-order valence-corrected chi connectivity index (χ3v) is 3.07. The summed E-state index contributed by atoms with van der Waals surface area (Å²) in [4.78, 5) is 22.6. The van der Waals surface area contributed by atoms with Crippen molar-refractivity contribution in [3.63, 3.8) is 0 Å². The van der Waals surface area contributed by atoms with Crippen molar-refractivity contribution >= 4 is 17.7 Å². The first-order valence-electron chi connectivity index (χ1n) is 6.93. The van der Waals surface area contributed by atoms with E-state index in [1.165, 1.54) is 0 Å². The van der Waals surface area contributed by atoms with Crippen molar-refractivity contribution in [3.8, 4) is 0 Å². The summed E-state index contributed by atoms with van der Waals surface area (Å²) < 4.78 is 5.03. The smallest absolute Gasteiger partial charge is 0.319 e. The van der Waals surface area contributed by atoms with Gasteiger partial charge in [-0.05, 0) is 24.5 Å². The van der Waals surface area contributed by atoms with Crippen molar-refractivity contribution in [2.45, 2.75) is 32.2 Å². The van der Waals surface area contributed by atoms with Gasteiger partial charge in [0.05, 0.1) is 12.6 Å². The van der Waals surface area contributed by atoms with Gasteiger partial charge in [-0.25, -0.2) is 4.79 Å². The zero-order valence-corrected chi connectivity index (χ0v) is 12.4. The molecular weight excluding hydrogens is 272 g/mol. The average molecular weight is 294 g/mol. The van der Waals surface area contributed by atoms with Crippen molar-refractivity contribution in [3.05, 3.63) is 29.8 Å². The van der Waals surface area contributed by atoms with E-state index in [1.54, 1.807) is 19.2 Å². The molecule has 0 aliphatic rings. The Balaban J connectivity index is 2.64. The Morgan fingerprint density at radius 2 is 2.05 bits per heavy atom. The molecule has 0 saturated heterocycles. The maximum absolute atomic E-state index is 12.0. The average Bonchev–Trinajstić information content (AvgIpc) is 2.45. The Labute approximate surface area is 124 Å². The van der Waals surface area contributed by atoms with Gasteiger partial charge in [-0.2, -0.15) is 0 Å². The van der Waals surface area contributed by atoms with Crippen LogP contribution in [0, 0.1) is 0 Å². The van der Waals surface area contributed by atoms with Crippen LogP contribution in [-0.4, -0.2) is 36.9 Å². The zero-order chi connectivity index (χ0) is 15.7. The van der Waals surface area contributed by atoms with Crippen molar-refractivity contribution < 1.29 is 19.4 Å². The number of hydrogen-bond acceptors (Lipinski definition) is 3. The number of aliphatic carboxylic acids is 1. The summed E-state index contributed by atoms with van der Waals surface area (Å²) in [6.45, 7) is 2.41. The van der Waals surface area contributed by atoms with Gasteiger partial charge >= 0.3 is 12.0 Å². The molecule has 116 valence electrons. The molecule has 6 nitrogen and oxygen atoms in total. The Morgan fingerprint density at radius 3 is 2.67 bits per heavy atom. The molecule has 21 heavy (non-hydrogen) atoms. The van der Waals surface area contributed by atoms with E-state index in [0.717, 1.165) is 12.0 Å². The molecule has 0 radical (unpaired) electrons. The van der Waals surface area contributed by atoms with Gasteiger partial charge in [-0.1, -0.05) is 25.1 Å². The molecule has 1 rings (SSSR count). The van der Waals surface area contributed by atoms with E-state index < -0.39 is 5.97 Å². The Kier molecular flexibility index (Phi) is 7.25. The van der Waals surface area contributed by atoms with Gasteiger partial charge in [-0.15, -0.1) is 0 Å². The second-order valence-electron chi connectivity index (χ2n) is 4.71. The lowest BCUT2D eigenvalue weighted by Crippen LogP contribution is -2.40. The number of carboxylic acid groups (broad SMARTS) is 1. The Morgan fingerprint density at radius 1 is 1.33 bits per heavy atom. The van der Waals surface area contributed by atoms with Gasteiger partial charge in [0.25, 0.3) is 0 Å². The van der Waals surface area contributed by atoms with Crippen molar-refractivity contribution in [1.29, 1.82) is 0 Å². The minimum Gasteiger partial charge on any atom is -0.481 e. The quantitative estimate of drug-likeness (QED) is 0.686. The predicted molar refractivity (Wildman–Crippen MR) is 80.5 cm³/mol. The molecular formula is C15H22N2O4.